The van der Waals surface area contributed by atoms with Crippen LogP contribution in [0, 0.1) is 6.92 Å². The lowest BCUT2D eigenvalue weighted by molar-refractivity contribution is -0.133. The van der Waals surface area contributed by atoms with Gasteiger partial charge in [0.15, 0.2) is 5.76 Å². The number of fused-ring (bicyclic) bond motifs is 2. The van der Waals surface area contributed by atoms with E-state index in [9.17, 15) is 9.59 Å². The third-order valence-electron chi connectivity index (χ3n) is 7.32. The highest BCUT2D eigenvalue weighted by atomic mass is 16.5. The van der Waals surface area contributed by atoms with Gasteiger partial charge in [-0.15, -0.1) is 0 Å². The van der Waals surface area contributed by atoms with Crippen LogP contribution in [0.3, 0.4) is 0 Å². The minimum atomic E-state index is -0.656. The Bertz CT molecular complexity index is 1670. The summed E-state index contributed by atoms with van der Waals surface area (Å²) in [5.41, 5.74) is 4.16. The fourth-order valence-corrected chi connectivity index (χ4v) is 5.15. The van der Waals surface area contributed by atoms with Crippen LogP contribution in [0.25, 0.3) is 33.1 Å². The van der Waals surface area contributed by atoms with E-state index in [2.05, 4.69) is 34.4 Å². The van der Waals surface area contributed by atoms with E-state index in [1.165, 1.54) is 5.56 Å². The van der Waals surface area contributed by atoms with Crippen molar-refractivity contribution in [2.45, 2.75) is 19.9 Å². The highest BCUT2D eigenvalue weighted by Gasteiger charge is 2.27. The third kappa shape index (κ3) is 4.81. The van der Waals surface area contributed by atoms with E-state index >= 15 is 0 Å². The maximum atomic E-state index is 13.2. The summed E-state index contributed by atoms with van der Waals surface area (Å²) < 4.78 is 5.55. The van der Waals surface area contributed by atoms with Crippen molar-refractivity contribution in [3.63, 3.8) is 0 Å². The van der Waals surface area contributed by atoms with E-state index in [4.69, 9.17) is 9.51 Å². The predicted octanol–water partition coefficient (Wildman–Crippen LogP) is 4.82. The van der Waals surface area contributed by atoms with E-state index in [0.717, 1.165) is 27.7 Å². The molecule has 0 radical (unpaired) electrons. The van der Waals surface area contributed by atoms with Gasteiger partial charge in [-0.25, -0.2) is 4.98 Å². The second kappa shape index (κ2) is 10.2. The maximum absolute atomic E-state index is 13.2. The Morgan fingerprint density at radius 1 is 0.872 bits per heavy atom. The molecule has 0 bridgehead atoms. The maximum Gasteiger partial charge on any atom is 0.251 e. The molecule has 1 aliphatic rings. The SMILES string of the molecule is Cc1cc(N2CCN(C(=O)[C@@H](C)NC(=O)c3ccc4noc(-c5ccccc5)c4c3)CC2)nc2ccccc12. The fourth-order valence-electron chi connectivity index (χ4n) is 5.15. The smallest absolute Gasteiger partial charge is 0.251 e. The average Bonchev–Trinajstić information content (AvgIpc) is 3.40. The van der Waals surface area contributed by atoms with Gasteiger partial charge in [-0.3, -0.25) is 9.59 Å². The van der Waals surface area contributed by atoms with Crippen molar-refractivity contribution in [2.75, 3.05) is 31.1 Å². The van der Waals surface area contributed by atoms with Crippen molar-refractivity contribution in [3.8, 4) is 11.3 Å². The number of amides is 2. The number of pyridine rings is 1. The average molecular weight is 520 g/mol. The Labute approximate surface area is 226 Å². The molecule has 2 amide bonds. The Morgan fingerprint density at radius 2 is 1.62 bits per heavy atom. The molecule has 1 fully saturated rings. The van der Waals surface area contributed by atoms with Crippen molar-refractivity contribution >= 4 is 39.4 Å². The minimum Gasteiger partial charge on any atom is -0.355 e. The zero-order valence-electron chi connectivity index (χ0n) is 21.9. The number of nitrogens with zero attached hydrogens (tertiary/aromatic N) is 4. The van der Waals surface area contributed by atoms with Crippen molar-refractivity contribution in [1.29, 1.82) is 0 Å². The van der Waals surface area contributed by atoms with Crippen LogP contribution in [0.15, 0.2) is 83.4 Å². The van der Waals surface area contributed by atoms with Gasteiger partial charge < -0.3 is 19.6 Å². The molecule has 8 nitrogen and oxygen atoms in total. The first-order chi connectivity index (χ1) is 19.0. The van der Waals surface area contributed by atoms with Crippen molar-refractivity contribution < 1.29 is 14.1 Å². The number of rotatable bonds is 5. The first-order valence-corrected chi connectivity index (χ1v) is 13.1. The number of carbonyl (C=O) groups excluding carboxylic acids is 2. The fraction of sp³-hybridized carbons (Fsp3) is 0.226. The van der Waals surface area contributed by atoms with E-state index in [-0.39, 0.29) is 11.8 Å². The molecular weight excluding hydrogens is 490 g/mol. The second-order valence-corrected chi connectivity index (χ2v) is 9.93. The van der Waals surface area contributed by atoms with Gasteiger partial charge in [0.25, 0.3) is 5.91 Å². The number of anilines is 1. The number of para-hydroxylation sites is 1. The van der Waals surface area contributed by atoms with Crippen LogP contribution in [-0.2, 0) is 4.79 Å². The predicted molar refractivity (Wildman–Crippen MR) is 152 cm³/mol. The van der Waals surface area contributed by atoms with Crippen LogP contribution in [0.4, 0.5) is 5.82 Å². The molecule has 5 aromatic rings. The van der Waals surface area contributed by atoms with Crippen LogP contribution in [0.1, 0.15) is 22.8 Å². The Hall–Kier alpha value is -4.72. The Balaban J connectivity index is 1.10. The molecule has 2 aromatic heterocycles. The van der Waals surface area contributed by atoms with Gasteiger partial charge >= 0.3 is 0 Å². The monoisotopic (exact) mass is 519 g/mol. The summed E-state index contributed by atoms with van der Waals surface area (Å²) in [5.74, 6) is 1.13. The standard InChI is InChI=1S/C31H29N5O3/c1-20-18-28(33-26-11-7-6-10-24(20)26)35-14-16-36(17-15-35)31(38)21(2)32-30(37)23-12-13-27-25(19-23)29(39-34-27)22-8-4-3-5-9-22/h3-13,18-19,21H,14-17H2,1-2H3,(H,32,37)/t21-/m1/s1. The van der Waals surface area contributed by atoms with Gasteiger partial charge in [0.2, 0.25) is 5.91 Å². The molecule has 3 aromatic carbocycles. The number of nitrogens with one attached hydrogen (secondary N) is 1. The van der Waals surface area contributed by atoms with Crippen molar-refractivity contribution in [3.05, 3.63) is 90.0 Å². The number of aryl methyl sites for hydroxylation is 1. The normalized spacial score (nSPS) is 14.5. The summed E-state index contributed by atoms with van der Waals surface area (Å²) in [6, 6.07) is 24.5. The lowest BCUT2D eigenvalue weighted by atomic mass is 10.1. The summed E-state index contributed by atoms with van der Waals surface area (Å²) in [6.45, 7) is 6.34. The van der Waals surface area contributed by atoms with Crippen molar-refractivity contribution in [1.82, 2.24) is 20.4 Å². The van der Waals surface area contributed by atoms with Gasteiger partial charge in [-0.05, 0) is 49.7 Å². The summed E-state index contributed by atoms with van der Waals surface area (Å²) in [6.07, 6.45) is 0. The molecule has 196 valence electrons. The van der Waals surface area contributed by atoms with Crippen molar-refractivity contribution in [2.24, 2.45) is 0 Å². The van der Waals surface area contributed by atoms with Crippen LogP contribution < -0.4 is 10.2 Å². The molecule has 8 heteroatoms. The molecule has 1 saturated heterocycles. The molecule has 1 atom stereocenters. The number of carbonyl (C=O) groups is 2. The largest absolute Gasteiger partial charge is 0.355 e. The molecule has 0 aliphatic carbocycles. The lowest BCUT2D eigenvalue weighted by Crippen LogP contribution is -2.54. The topological polar surface area (TPSA) is 91.6 Å². The van der Waals surface area contributed by atoms with E-state index < -0.39 is 6.04 Å². The van der Waals surface area contributed by atoms with Crippen LogP contribution in [0.2, 0.25) is 0 Å². The summed E-state index contributed by atoms with van der Waals surface area (Å²) in [5, 5.41) is 8.89. The summed E-state index contributed by atoms with van der Waals surface area (Å²) in [4.78, 5) is 35.1. The molecule has 6 rings (SSSR count). The number of benzene rings is 3. The first kappa shape index (κ1) is 24.6. The van der Waals surface area contributed by atoms with Gasteiger partial charge in [0.1, 0.15) is 17.4 Å². The van der Waals surface area contributed by atoms with Crippen LogP contribution >= 0.6 is 0 Å². The first-order valence-electron chi connectivity index (χ1n) is 13.1. The van der Waals surface area contributed by atoms with E-state index in [1.807, 2.05) is 53.4 Å². The van der Waals surface area contributed by atoms with Crippen LogP contribution in [-0.4, -0.2) is 59.1 Å². The van der Waals surface area contributed by atoms with Gasteiger partial charge in [0, 0.05) is 42.7 Å². The molecule has 0 unspecified atom stereocenters. The summed E-state index contributed by atoms with van der Waals surface area (Å²) in [7, 11) is 0. The number of aromatic nitrogens is 2. The number of hydrogen-bond donors (Lipinski definition) is 1. The van der Waals surface area contributed by atoms with E-state index in [0.29, 0.717) is 43.0 Å². The molecule has 1 aliphatic heterocycles. The highest BCUT2D eigenvalue weighted by molar-refractivity contribution is 6.02. The quantitative estimate of drug-likeness (QED) is 0.358. The molecule has 1 N–H and O–H groups in total. The van der Waals surface area contributed by atoms with Gasteiger partial charge in [0.05, 0.1) is 10.9 Å². The molecule has 0 spiro atoms. The number of piperazine rings is 1. The zero-order chi connectivity index (χ0) is 26.9. The van der Waals surface area contributed by atoms with Gasteiger partial charge in [-0.1, -0.05) is 53.7 Å². The Morgan fingerprint density at radius 3 is 2.41 bits per heavy atom. The molecule has 3 heterocycles. The second-order valence-electron chi connectivity index (χ2n) is 9.93. The third-order valence-corrected chi connectivity index (χ3v) is 7.32. The zero-order valence-corrected chi connectivity index (χ0v) is 21.9. The molecule has 39 heavy (non-hydrogen) atoms. The Kier molecular flexibility index (Phi) is 6.44. The van der Waals surface area contributed by atoms with Gasteiger partial charge in [-0.2, -0.15) is 0 Å². The summed E-state index contributed by atoms with van der Waals surface area (Å²) >= 11 is 0. The highest BCUT2D eigenvalue weighted by Crippen LogP contribution is 2.29. The molecular formula is C31H29N5O3. The van der Waals surface area contributed by atoms with E-state index in [1.54, 1.807) is 25.1 Å². The minimum absolute atomic E-state index is 0.0957. The molecule has 0 saturated carbocycles. The lowest BCUT2D eigenvalue weighted by Gasteiger charge is -2.36. The van der Waals surface area contributed by atoms with Crippen LogP contribution in [0.5, 0.6) is 0 Å². The number of hydrogen-bond acceptors (Lipinski definition) is 6.